The maximum atomic E-state index is 12.0. The highest BCUT2D eigenvalue weighted by Crippen LogP contribution is 2.26. The number of hydrogen-bond donors (Lipinski definition) is 1. The number of rotatable bonds is 5. The summed E-state index contributed by atoms with van der Waals surface area (Å²) in [5.74, 6) is 0.721. The highest BCUT2D eigenvalue weighted by Gasteiger charge is 2.25. The number of nitrogens with zero attached hydrogens (tertiary/aromatic N) is 1. The van der Waals surface area contributed by atoms with Crippen LogP contribution in [-0.4, -0.2) is 29.9 Å². The minimum atomic E-state index is 0.248. The molecule has 1 aliphatic carbocycles. The summed E-state index contributed by atoms with van der Waals surface area (Å²) in [6, 6.07) is 0.248. The van der Waals surface area contributed by atoms with Gasteiger partial charge in [-0.2, -0.15) is 0 Å². The molecule has 16 heavy (non-hydrogen) atoms. The summed E-state index contributed by atoms with van der Waals surface area (Å²) in [4.78, 5) is 14.0. The van der Waals surface area contributed by atoms with Crippen molar-refractivity contribution in [1.82, 2.24) is 4.90 Å². The van der Waals surface area contributed by atoms with Crippen molar-refractivity contribution >= 4 is 5.91 Å². The van der Waals surface area contributed by atoms with Crippen molar-refractivity contribution in [2.75, 3.05) is 13.1 Å². The van der Waals surface area contributed by atoms with Crippen LogP contribution in [0.5, 0.6) is 0 Å². The first kappa shape index (κ1) is 13.5. The summed E-state index contributed by atoms with van der Waals surface area (Å²) in [7, 11) is 0. The van der Waals surface area contributed by atoms with Gasteiger partial charge in [-0.15, -0.1) is 0 Å². The molecule has 0 aromatic rings. The van der Waals surface area contributed by atoms with Crippen LogP contribution in [-0.2, 0) is 4.79 Å². The van der Waals surface area contributed by atoms with E-state index in [4.69, 9.17) is 5.73 Å². The van der Waals surface area contributed by atoms with E-state index in [1.54, 1.807) is 0 Å². The molecule has 0 spiro atoms. The maximum Gasteiger partial charge on any atom is 0.222 e. The van der Waals surface area contributed by atoms with E-state index in [0.29, 0.717) is 18.2 Å². The Morgan fingerprint density at radius 1 is 1.31 bits per heavy atom. The van der Waals surface area contributed by atoms with E-state index in [1.165, 1.54) is 12.8 Å². The minimum Gasteiger partial charge on any atom is -0.343 e. The van der Waals surface area contributed by atoms with Crippen LogP contribution in [0.3, 0.4) is 0 Å². The fourth-order valence-corrected chi connectivity index (χ4v) is 2.57. The summed E-state index contributed by atoms with van der Waals surface area (Å²) in [5.41, 5.74) is 6.07. The summed E-state index contributed by atoms with van der Waals surface area (Å²) in [6.45, 7) is 5.88. The zero-order valence-corrected chi connectivity index (χ0v) is 10.7. The molecule has 0 saturated heterocycles. The van der Waals surface area contributed by atoms with E-state index in [9.17, 15) is 4.79 Å². The van der Waals surface area contributed by atoms with E-state index < -0.39 is 0 Å². The predicted octanol–water partition coefficient (Wildman–Crippen LogP) is 2.15. The van der Waals surface area contributed by atoms with Crippen LogP contribution in [0.15, 0.2) is 0 Å². The van der Waals surface area contributed by atoms with Gasteiger partial charge in [-0.1, -0.05) is 19.8 Å². The first-order valence-electron chi connectivity index (χ1n) is 6.72. The molecule has 1 amide bonds. The summed E-state index contributed by atoms with van der Waals surface area (Å²) >= 11 is 0. The lowest BCUT2D eigenvalue weighted by Gasteiger charge is -2.30. The third kappa shape index (κ3) is 3.78. The molecule has 2 N–H and O–H groups in total. The van der Waals surface area contributed by atoms with E-state index in [2.05, 4.69) is 6.92 Å². The van der Waals surface area contributed by atoms with Crippen LogP contribution in [0.1, 0.15) is 52.4 Å². The van der Waals surface area contributed by atoms with Crippen molar-refractivity contribution in [2.24, 2.45) is 11.7 Å². The van der Waals surface area contributed by atoms with Gasteiger partial charge in [0.25, 0.3) is 0 Å². The average Bonchev–Trinajstić information content (AvgIpc) is 2.29. The van der Waals surface area contributed by atoms with Gasteiger partial charge in [-0.25, -0.2) is 0 Å². The van der Waals surface area contributed by atoms with Gasteiger partial charge in [-0.05, 0) is 32.1 Å². The van der Waals surface area contributed by atoms with Crippen molar-refractivity contribution in [3.63, 3.8) is 0 Å². The van der Waals surface area contributed by atoms with Crippen molar-refractivity contribution in [2.45, 2.75) is 58.4 Å². The summed E-state index contributed by atoms with van der Waals surface area (Å²) in [5, 5.41) is 0. The molecule has 0 bridgehead atoms. The molecule has 2 atom stereocenters. The van der Waals surface area contributed by atoms with Gasteiger partial charge in [0.2, 0.25) is 5.91 Å². The molecule has 2 unspecified atom stereocenters. The molecule has 0 heterocycles. The second-order valence-corrected chi connectivity index (χ2v) is 4.89. The predicted molar refractivity (Wildman–Crippen MR) is 67.1 cm³/mol. The second-order valence-electron chi connectivity index (χ2n) is 4.89. The molecule has 1 fully saturated rings. The number of carbonyl (C=O) groups excluding carboxylic acids is 1. The summed E-state index contributed by atoms with van der Waals surface area (Å²) < 4.78 is 0. The van der Waals surface area contributed by atoms with E-state index in [-0.39, 0.29) is 6.04 Å². The lowest BCUT2D eigenvalue weighted by Crippen LogP contribution is -2.39. The maximum absolute atomic E-state index is 12.0. The lowest BCUT2D eigenvalue weighted by molar-refractivity contribution is -0.132. The Morgan fingerprint density at radius 3 is 2.56 bits per heavy atom. The quantitative estimate of drug-likeness (QED) is 0.781. The van der Waals surface area contributed by atoms with E-state index in [0.717, 1.165) is 32.4 Å². The first-order chi connectivity index (χ1) is 7.69. The molecule has 0 aromatic carbocycles. The lowest BCUT2D eigenvalue weighted by atomic mass is 9.83. The topological polar surface area (TPSA) is 46.3 Å². The molecule has 3 heteroatoms. The molecular weight excluding hydrogens is 200 g/mol. The van der Waals surface area contributed by atoms with E-state index in [1.807, 2.05) is 11.8 Å². The van der Waals surface area contributed by atoms with Gasteiger partial charge in [-0.3, -0.25) is 4.79 Å². The zero-order chi connectivity index (χ0) is 12.0. The number of amides is 1. The molecule has 0 radical (unpaired) electrons. The van der Waals surface area contributed by atoms with Crippen molar-refractivity contribution < 1.29 is 4.79 Å². The minimum absolute atomic E-state index is 0.248. The SMILES string of the molecule is CCCN(CC)C(=O)CC1CCCCC1N. The molecule has 1 aliphatic rings. The molecule has 0 aliphatic heterocycles. The van der Waals surface area contributed by atoms with E-state index >= 15 is 0 Å². The van der Waals surface area contributed by atoms with Crippen LogP contribution in [0.2, 0.25) is 0 Å². The Morgan fingerprint density at radius 2 is 2.00 bits per heavy atom. The number of nitrogens with two attached hydrogens (primary N) is 1. The van der Waals surface area contributed by atoms with Gasteiger partial charge in [0, 0.05) is 25.6 Å². The smallest absolute Gasteiger partial charge is 0.222 e. The van der Waals surface area contributed by atoms with Gasteiger partial charge in [0.1, 0.15) is 0 Å². The van der Waals surface area contributed by atoms with Crippen LogP contribution in [0, 0.1) is 5.92 Å². The molecule has 0 aromatic heterocycles. The van der Waals surface area contributed by atoms with Gasteiger partial charge in [0.15, 0.2) is 0 Å². The fourth-order valence-electron chi connectivity index (χ4n) is 2.57. The highest BCUT2D eigenvalue weighted by atomic mass is 16.2. The zero-order valence-electron chi connectivity index (χ0n) is 10.7. The molecule has 3 nitrogen and oxygen atoms in total. The monoisotopic (exact) mass is 226 g/mol. The fraction of sp³-hybridized carbons (Fsp3) is 0.923. The number of carbonyl (C=O) groups is 1. The normalized spacial score (nSPS) is 25.4. The third-order valence-electron chi connectivity index (χ3n) is 3.63. The van der Waals surface area contributed by atoms with Crippen molar-refractivity contribution in [3.05, 3.63) is 0 Å². The molecule has 1 rings (SSSR count). The Kier molecular flexibility index (Phi) is 5.81. The standard InChI is InChI=1S/C13H26N2O/c1-3-9-15(4-2)13(16)10-11-7-5-6-8-12(11)14/h11-12H,3-10,14H2,1-2H3. The first-order valence-corrected chi connectivity index (χ1v) is 6.72. The Hall–Kier alpha value is -0.570. The van der Waals surface area contributed by atoms with Gasteiger partial charge < -0.3 is 10.6 Å². The van der Waals surface area contributed by atoms with Gasteiger partial charge in [0.05, 0.1) is 0 Å². The van der Waals surface area contributed by atoms with Crippen LogP contribution in [0.25, 0.3) is 0 Å². The van der Waals surface area contributed by atoms with Crippen molar-refractivity contribution in [3.8, 4) is 0 Å². The Bertz CT molecular complexity index is 218. The average molecular weight is 226 g/mol. The largest absolute Gasteiger partial charge is 0.343 e. The third-order valence-corrected chi connectivity index (χ3v) is 3.63. The molecule has 94 valence electrons. The van der Waals surface area contributed by atoms with Crippen LogP contribution in [0.4, 0.5) is 0 Å². The van der Waals surface area contributed by atoms with Crippen LogP contribution < -0.4 is 5.73 Å². The second kappa shape index (κ2) is 6.89. The Labute approximate surface area is 99.4 Å². The number of hydrogen-bond acceptors (Lipinski definition) is 2. The van der Waals surface area contributed by atoms with Gasteiger partial charge >= 0.3 is 0 Å². The summed E-state index contributed by atoms with van der Waals surface area (Å²) in [6.07, 6.45) is 6.41. The van der Waals surface area contributed by atoms with Crippen LogP contribution >= 0.6 is 0 Å². The Balaban J connectivity index is 2.41. The highest BCUT2D eigenvalue weighted by molar-refractivity contribution is 5.76. The van der Waals surface area contributed by atoms with Crippen molar-refractivity contribution in [1.29, 1.82) is 0 Å². The molecule has 1 saturated carbocycles. The molecular formula is C13H26N2O.